The van der Waals surface area contributed by atoms with E-state index in [1.165, 1.54) is 24.9 Å². The number of halogens is 1. The predicted octanol–water partition coefficient (Wildman–Crippen LogP) is 3.73. The van der Waals surface area contributed by atoms with Crippen LogP contribution in [-0.2, 0) is 4.74 Å². The van der Waals surface area contributed by atoms with Crippen molar-refractivity contribution in [2.75, 3.05) is 18.7 Å². The largest absolute Gasteiger partial charge is 0.465 e. The van der Waals surface area contributed by atoms with Gasteiger partial charge in [-0.05, 0) is 30.5 Å². The number of aromatic nitrogens is 2. The number of carbonyl (C=O) groups is 1. The van der Waals surface area contributed by atoms with Crippen molar-refractivity contribution in [2.24, 2.45) is 0 Å². The molecule has 0 aliphatic heterocycles. The smallest absolute Gasteiger partial charge is 0.340 e. The van der Waals surface area contributed by atoms with Crippen LogP contribution < -0.4 is 5.32 Å². The van der Waals surface area contributed by atoms with E-state index in [0.717, 1.165) is 4.90 Å². The average Bonchev–Trinajstić information content (AvgIpc) is 3.05. The van der Waals surface area contributed by atoms with Crippen LogP contribution in [-0.4, -0.2) is 28.7 Å². The summed E-state index contributed by atoms with van der Waals surface area (Å²) < 4.78 is 20.8. The van der Waals surface area contributed by atoms with Crippen LogP contribution in [0.3, 0.4) is 0 Å². The number of fused-ring (bicyclic) bond motifs is 1. The van der Waals surface area contributed by atoms with Crippen molar-refractivity contribution >= 4 is 34.6 Å². The molecule has 0 radical (unpaired) electrons. The number of carbonyl (C=O) groups excluding carboxylic acids is 1. The van der Waals surface area contributed by atoms with Gasteiger partial charge in [-0.15, -0.1) is 11.8 Å². The summed E-state index contributed by atoms with van der Waals surface area (Å²) in [5, 5.41) is 2.99. The summed E-state index contributed by atoms with van der Waals surface area (Å²) >= 11 is 1.46. The van der Waals surface area contributed by atoms with Gasteiger partial charge in [-0.25, -0.2) is 14.2 Å². The van der Waals surface area contributed by atoms with E-state index >= 15 is 0 Å². The van der Waals surface area contributed by atoms with Gasteiger partial charge < -0.3 is 14.5 Å². The third-order valence-corrected chi connectivity index (χ3v) is 4.16. The Hall–Kier alpha value is -2.54. The molecule has 0 fully saturated rings. The van der Waals surface area contributed by atoms with Crippen LogP contribution in [0.1, 0.15) is 10.4 Å². The molecule has 0 saturated carbocycles. The number of thioether (sulfide) groups is 1. The summed E-state index contributed by atoms with van der Waals surface area (Å²) in [6.07, 6.45) is 6.79. The maximum Gasteiger partial charge on any atom is 0.340 e. The van der Waals surface area contributed by atoms with Crippen LogP contribution in [0.25, 0.3) is 5.52 Å². The van der Waals surface area contributed by atoms with E-state index in [0.29, 0.717) is 16.8 Å². The number of esters is 1. The first-order valence-electron chi connectivity index (χ1n) is 6.77. The quantitative estimate of drug-likeness (QED) is 0.583. The molecule has 0 spiro atoms. The molecule has 0 amide bonds. The van der Waals surface area contributed by atoms with Crippen molar-refractivity contribution < 1.29 is 13.9 Å². The molecular formula is C16H14FN3O2S. The summed E-state index contributed by atoms with van der Waals surface area (Å²) in [5.74, 6) is -0.897. The Bertz CT molecular complexity index is 879. The number of rotatable bonds is 4. The van der Waals surface area contributed by atoms with Crippen LogP contribution in [0.15, 0.2) is 47.9 Å². The van der Waals surface area contributed by atoms with Gasteiger partial charge in [0.25, 0.3) is 0 Å². The number of hydrogen-bond donors (Lipinski definition) is 1. The van der Waals surface area contributed by atoms with Gasteiger partial charge in [0.05, 0.1) is 42.1 Å². The maximum absolute atomic E-state index is 14.2. The van der Waals surface area contributed by atoms with E-state index in [2.05, 4.69) is 10.3 Å². The number of nitrogens with one attached hydrogen (secondary N) is 1. The van der Waals surface area contributed by atoms with E-state index < -0.39 is 11.8 Å². The highest BCUT2D eigenvalue weighted by atomic mass is 32.2. The second kappa shape index (κ2) is 6.29. The minimum Gasteiger partial charge on any atom is -0.465 e. The van der Waals surface area contributed by atoms with Gasteiger partial charge in [-0.3, -0.25) is 0 Å². The molecule has 118 valence electrons. The molecular weight excluding hydrogens is 317 g/mol. The number of benzene rings is 1. The standard InChI is InChI=1S/C16H14FN3O2S/c1-22-16(21)11-5-6-20-9-18-8-14(20)15(11)19-13-4-3-10(23-2)7-12(13)17/h3-9,19H,1-2H3. The Morgan fingerprint density at radius 1 is 1.39 bits per heavy atom. The molecule has 0 aliphatic rings. The van der Waals surface area contributed by atoms with E-state index in [1.54, 1.807) is 35.3 Å². The summed E-state index contributed by atoms with van der Waals surface area (Å²) in [5.41, 5.74) is 1.70. The number of methoxy groups -OCH3 is 1. The maximum atomic E-state index is 14.2. The van der Waals surface area contributed by atoms with Crippen LogP contribution in [0.4, 0.5) is 15.8 Å². The number of pyridine rings is 1. The SMILES string of the molecule is COC(=O)c1ccn2cncc2c1Nc1ccc(SC)cc1F. The fraction of sp³-hybridized carbons (Fsp3) is 0.125. The van der Waals surface area contributed by atoms with Crippen molar-refractivity contribution in [3.8, 4) is 0 Å². The van der Waals surface area contributed by atoms with Gasteiger partial charge >= 0.3 is 5.97 Å². The predicted molar refractivity (Wildman–Crippen MR) is 88.0 cm³/mol. The molecule has 0 saturated heterocycles. The molecule has 0 aliphatic carbocycles. The lowest BCUT2D eigenvalue weighted by atomic mass is 10.2. The number of imidazole rings is 1. The Morgan fingerprint density at radius 3 is 2.91 bits per heavy atom. The van der Waals surface area contributed by atoms with E-state index in [1.807, 2.05) is 12.3 Å². The molecule has 2 heterocycles. The molecule has 5 nitrogen and oxygen atoms in total. The summed E-state index contributed by atoms with van der Waals surface area (Å²) in [6.45, 7) is 0. The summed E-state index contributed by atoms with van der Waals surface area (Å²) in [6, 6.07) is 6.50. The minimum absolute atomic E-state index is 0.280. The van der Waals surface area contributed by atoms with Crippen molar-refractivity contribution in [1.29, 1.82) is 0 Å². The zero-order valence-corrected chi connectivity index (χ0v) is 13.4. The fourth-order valence-corrected chi connectivity index (χ4v) is 2.69. The zero-order chi connectivity index (χ0) is 16.4. The Balaban J connectivity index is 2.11. The summed E-state index contributed by atoms with van der Waals surface area (Å²) in [4.78, 5) is 16.9. The molecule has 1 N–H and O–H groups in total. The van der Waals surface area contributed by atoms with Gasteiger partial charge in [0.2, 0.25) is 0 Å². The summed E-state index contributed by atoms with van der Waals surface area (Å²) in [7, 11) is 1.31. The first kappa shape index (κ1) is 15.4. The fourth-order valence-electron chi connectivity index (χ4n) is 2.26. The topological polar surface area (TPSA) is 55.6 Å². The molecule has 0 bridgehead atoms. The highest BCUT2D eigenvalue weighted by Crippen LogP contribution is 2.29. The van der Waals surface area contributed by atoms with Gasteiger partial charge in [0, 0.05) is 11.1 Å². The monoisotopic (exact) mass is 331 g/mol. The van der Waals surface area contributed by atoms with E-state index in [-0.39, 0.29) is 5.69 Å². The lowest BCUT2D eigenvalue weighted by Crippen LogP contribution is -2.08. The van der Waals surface area contributed by atoms with Gasteiger partial charge in [0.15, 0.2) is 0 Å². The second-order valence-corrected chi connectivity index (χ2v) is 5.63. The normalized spacial score (nSPS) is 10.7. The number of hydrogen-bond acceptors (Lipinski definition) is 5. The zero-order valence-electron chi connectivity index (χ0n) is 12.5. The highest BCUT2D eigenvalue weighted by molar-refractivity contribution is 7.98. The van der Waals surface area contributed by atoms with Gasteiger partial charge in [0.1, 0.15) is 5.82 Å². The molecule has 0 unspecified atom stereocenters. The lowest BCUT2D eigenvalue weighted by molar-refractivity contribution is 0.0602. The van der Waals surface area contributed by atoms with Crippen molar-refractivity contribution in [1.82, 2.24) is 9.38 Å². The Labute approximate surface area is 136 Å². The van der Waals surface area contributed by atoms with E-state index in [9.17, 15) is 9.18 Å². The molecule has 23 heavy (non-hydrogen) atoms. The Morgan fingerprint density at radius 2 is 2.22 bits per heavy atom. The molecule has 3 aromatic rings. The average molecular weight is 331 g/mol. The Kier molecular flexibility index (Phi) is 4.20. The minimum atomic E-state index is -0.502. The first-order valence-corrected chi connectivity index (χ1v) is 8.00. The van der Waals surface area contributed by atoms with Crippen LogP contribution in [0.5, 0.6) is 0 Å². The van der Waals surface area contributed by atoms with E-state index in [4.69, 9.17) is 4.74 Å². The first-order chi connectivity index (χ1) is 11.1. The second-order valence-electron chi connectivity index (χ2n) is 4.75. The third kappa shape index (κ3) is 2.87. The molecule has 3 rings (SSSR count). The molecule has 0 atom stereocenters. The van der Waals surface area contributed by atoms with Crippen LogP contribution >= 0.6 is 11.8 Å². The molecule has 7 heteroatoms. The van der Waals surface area contributed by atoms with Crippen LogP contribution in [0.2, 0.25) is 0 Å². The number of nitrogens with zero attached hydrogens (tertiary/aromatic N) is 2. The third-order valence-electron chi connectivity index (χ3n) is 3.43. The number of ether oxygens (including phenoxy) is 1. The highest BCUT2D eigenvalue weighted by Gasteiger charge is 2.17. The molecule has 1 aromatic carbocycles. The molecule has 2 aromatic heterocycles. The van der Waals surface area contributed by atoms with Crippen molar-refractivity contribution in [3.05, 3.63) is 54.4 Å². The van der Waals surface area contributed by atoms with Gasteiger partial charge in [-0.1, -0.05) is 0 Å². The number of anilines is 2. The van der Waals surface area contributed by atoms with Crippen molar-refractivity contribution in [2.45, 2.75) is 4.90 Å². The lowest BCUT2D eigenvalue weighted by Gasteiger charge is -2.13. The van der Waals surface area contributed by atoms with Crippen LogP contribution in [0, 0.1) is 5.82 Å². The van der Waals surface area contributed by atoms with Crippen molar-refractivity contribution in [3.63, 3.8) is 0 Å². The van der Waals surface area contributed by atoms with Gasteiger partial charge in [-0.2, -0.15) is 0 Å².